The monoisotopic (exact) mass is 296 g/mol. The summed E-state index contributed by atoms with van der Waals surface area (Å²) in [5, 5.41) is 4.15. The van der Waals surface area contributed by atoms with E-state index in [4.69, 9.17) is 29.6 Å². The molecule has 1 fully saturated rings. The molecule has 3 N–H and O–H groups in total. The number of rotatable bonds is 4. The first-order valence-corrected chi connectivity index (χ1v) is 7.70. The number of nitrogens with two attached hydrogens (primary N) is 1. The van der Waals surface area contributed by atoms with Gasteiger partial charge >= 0.3 is 0 Å². The van der Waals surface area contributed by atoms with Crippen LogP contribution in [-0.4, -0.2) is 11.5 Å². The van der Waals surface area contributed by atoms with Gasteiger partial charge in [-0.15, -0.1) is 0 Å². The Bertz CT molecular complexity index is 461. The van der Waals surface area contributed by atoms with Gasteiger partial charge in [0.1, 0.15) is 4.99 Å². The first-order chi connectivity index (χ1) is 9.08. The van der Waals surface area contributed by atoms with Gasteiger partial charge < -0.3 is 11.1 Å². The Morgan fingerprint density at radius 1 is 1.42 bits per heavy atom. The molecule has 2 rings (SSSR count). The highest BCUT2D eigenvalue weighted by atomic mass is 35.5. The summed E-state index contributed by atoms with van der Waals surface area (Å²) in [5.74, 6) is 1.55. The summed E-state index contributed by atoms with van der Waals surface area (Å²) in [4.78, 5) is 0.384. The van der Waals surface area contributed by atoms with Crippen molar-refractivity contribution in [1.82, 2.24) is 0 Å². The number of halogens is 1. The van der Waals surface area contributed by atoms with Crippen molar-refractivity contribution in [1.29, 1.82) is 0 Å². The highest BCUT2D eigenvalue weighted by Gasteiger charge is 2.21. The van der Waals surface area contributed by atoms with Crippen LogP contribution >= 0.6 is 23.8 Å². The minimum absolute atomic E-state index is 0.384. The zero-order chi connectivity index (χ0) is 13.8. The average molecular weight is 297 g/mol. The Labute approximate surface area is 125 Å². The van der Waals surface area contributed by atoms with Gasteiger partial charge in [-0.1, -0.05) is 50.0 Å². The number of hydrogen-bond acceptors (Lipinski definition) is 2. The molecule has 0 saturated heterocycles. The lowest BCUT2D eigenvalue weighted by Crippen LogP contribution is -2.24. The Morgan fingerprint density at radius 2 is 2.16 bits per heavy atom. The van der Waals surface area contributed by atoms with Crippen molar-refractivity contribution in [2.45, 2.75) is 32.6 Å². The molecule has 0 bridgehead atoms. The molecule has 0 radical (unpaired) electrons. The van der Waals surface area contributed by atoms with E-state index in [1.54, 1.807) is 0 Å². The van der Waals surface area contributed by atoms with Crippen LogP contribution in [0, 0.1) is 11.8 Å². The molecule has 2 nitrogen and oxygen atoms in total. The lowest BCUT2D eigenvalue weighted by Gasteiger charge is -2.29. The third-order valence-electron chi connectivity index (χ3n) is 4.10. The van der Waals surface area contributed by atoms with Crippen molar-refractivity contribution >= 4 is 34.5 Å². The van der Waals surface area contributed by atoms with Gasteiger partial charge in [0, 0.05) is 12.1 Å². The highest BCUT2D eigenvalue weighted by molar-refractivity contribution is 7.80. The molecule has 1 aliphatic carbocycles. The number of benzene rings is 1. The highest BCUT2D eigenvalue weighted by Crippen LogP contribution is 2.30. The van der Waals surface area contributed by atoms with Gasteiger partial charge in [0.25, 0.3) is 0 Å². The van der Waals surface area contributed by atoms with Crippen LogP contribution < -0.4 is 11.1 Å². The van der Waals surface area contributed by atoms with E-state index in [1.165, 1.54) is 25.7 Å². The molecular formula is C15H21ClN2S. The van der Waals surface area contributed by atoms with E-state index in [0.717, 1.165) is 29.6 Å². The van der Waals surface area contributed by atoms with Crippen molar-refractivity contribution in [3.05, 3.63) is 28.8 Å². The van der Waals surface area contributed by atoms with Gasteiger partial charge in [0.05, 0.1) is 10.7 Å². The summed E-state index contributed by atoms with van der Waals surface area (Å²) < 4.78 is 0. The lowest BCUT2D eigenvalue weighted by atomic mass is 9.80. The average Bonchev–Trinajstić information content (AvgIpc) is 2.39. The van der Waals surface area contributed by atoms with E-state index in [1.807, 2.05) is 18.2 Å². The van der Waals surface area contributed by atoms with Crippen LogP contribution in [0.25, 0.3) is 0 Å². The SMILES string of the molecule is CC1CCCCC1CNc1ccc(C(N)=S)cc1Cl. The maximum Gasteiger partial charge on any atom is 0.104 e. The fourth-order valence-corrected chi connectivity index (χ4v) is 3.12. The zero-order valence-electron chi connectivity index (χ0n) is 11.3. The maximum absolute atomic E-state index is 6.25. The van der Waals surface area contributed by atoms with Crippen LogP contribution in [0.5, 0.6) is 0 Å². The zero-order valence-corrected chi connectivity index (χ0v) is 12.9. The topological polar surface area (TPSA) is 38.0 Å². The molecule has 2 unspecified atom stereocenters. The van der Waals surface area contributed by atoms with Crippen LogP contribution in [0.1, 0.15) is 38.2 Å². The third-order valence-corrected chi connectivity index (χ3v) is 4.65. The summed E-state index contributed by atoms with van der Waals surface area (Å²) in [5.41, 5.74) is 7.38. The molecule has 2 atom stereocenters. The van der Waals surface area contributed by atoms with Crippen molar-refractivity contribution in [3.63, 3.8) is 0 Å². The summed E-state index contributed by atoms with van der Waals surface area (Å²) in [6.07, 6.45) is 5.39. The molecule has 1 aliphatic rings. The quantitative estimate of drug-likeness (QED) is 0.817. The first kappa shape index (κ1) is 14.6. The van der Waals surface area contributed by atoms with Gasteiger partial charge in [-0.25, -0.2) is 0 Å². The number of nitrogens with one attached hydrogen (secondary N) is 1. The predicted molar refractivity (Wildman–Crippen MR) is 87.0 cm³/mol. The van der Waals surface area contributed by atoms with E-state index >= 15 is 0 Å². The van der Waals surface area contributed by atoms with E-state index in [9.17, 15) is 0 Å². The Kier molecular flexibility index (Phi) is 5.06. The summed E-state index contributed by atoms with van der Waals surface area (Å²) >= 11 is 11.2. The van der Waals surface area contributed by atoms with E-state index in [2.05, 4.69) is 12.2 Å². The van der Waals surface area contributed by atoms with Gasteiger partial charge in [0.15, 0.2) is 0 Å². The van der Waals surface area contributed by atoms with Crippen molar-refractivity contribution in [3.8, 4) is 0 Å². The second-order valence-corrected chi connectivity index (χ2v) is 6.31. The molecule has 1 aromatic carbocycles. The number of thiocarbonyl (C=S) groups is 1. The Morgan fingerprint density at radius 3 is 2.79 bits per heavy atom. The summed E-state index contributed by atoms with van der Waals surface area (Å²) in [6.45, 7) is 3.34. The fourth-order valence-electron chi connectivity index (χ4n) is 2.75. The molecule has 4 heteroatoms. The minimum atomic E-state index is 0.384. The molecule has 0 aliphatic heterocycles. The second kappa shape index (κ2) is 6.58. The molecule has 1 saturated carbocycles. The molecule has 0 heterocycles. The normalized spacial score (nSPS) is 23.1. The molecule has 0 amide bonds. The van der Waals surface area contributed by atoms with Gasteiger partial charge in [-0.05, 0) is 36.5 Å². The minimum Gasteiger partial charge on any atom is -0.389 e. The number of hydrogen-bond donors (Lipinski definition) is 2. The fraction of sp³-hybridized carbons (Fsp3) is 0.533. The molecule has 104 valence electrons. The molecule has 1 aromatic rings. The summed E-state index contributed by atoms with van der Waals surface area (Å²) in [6, 6.07) is 5.71. The van der Waals surface area contributed by atoms with Gasteiger partial charge in [-0.2, -0.15) is 0 Å². The van der Waals surface area contributed by atoms with Crippen LogP contribution in [0.15, 0.2) is 18.2 Å². The largest absolute Gasteiger partial charge is 0.389 e. The number of anilines is 1. The van der Waals surface area contributed by atoms with E-state index in [0.29, 0.717) is 10.0 Å². The van der Waals surface area contributed by atoms with Crippen LogP contribution in [0.2, 0.25) is 5.02 Å². The van der Waals surface area contributed by atoms with Crippen molar-refractivity contribution in [2.75, 3.05) is 11.9 Å². The van der Waals surface area contributed by atoms with Crippen LogP contribution in [-0.2, 0) is 0 Å². The van der Waals surface area contributed by atoms with Crippen LogP contribution in [0.3, 0.4) is 0 Å². The van der Waals surface area contributed by atoms with Crippen molar-refractivity contribution < 1.29 is 0 Å². The van der Waals surface area contributed by atoms with Gasteiger partial charge in [-0.3, -0.25) is 0 Å². The second-order valence-electron chi connectivity index (χ2n) is 5.46. The predicted octanol–water partition coefficient (Wildman–Crippen LogP) is 4.21. The lowest BCUT2D eigenvalue weighted by molar-refractivity contribution is 0.268. The maximum atomic E-state index is 6.25. The standard InChI is InChI=1S/C15H21ClN2S/c1-10-4-2-3-5-12(10)9-18-14-7-6-11(15(17)19)8-13(14)16/h6-8,10,12,18H,2-5,9H2,1H3,(H2,17,19). The first-order valence-electron chi connectivity index (χ1n) is 6.91. The molecule has 19 heavy (non-hydrogen) atoms. The van der Waals surface area contributed by atoms with E-state index in [-0.39, 0.29) is 0 Å². The Hall–Kier alpha value is -0.800. The van der Waals surface area contributed by atoms with Crippen LogP contribution in [0.4, 0.5) is 5.69 Å². The summed E-state index contributed by atoms with van der Waals surface area (Å²) in [7, 11) is 0. The molecular weight excluding hydrogens is 276 g/mol. The Balaban J connectivity index is 1.97. The molecule has 0 spiro atoms. The van der Waals surface area contributed by atoms with E-state index < -0.39 is 0 Å². The van der Waals surface area contributed by atoms with Gasteiger partial charge in [0.2, 0.25) is 0 Å². The molecule has 0 aromatic heterocycles. The smallest absolute Gasteiger partial charge is 0.104 e. The van der Waals surface area contributed by atoms with Crippen molar-refractivity contribution in [2.24, 2.45) is 17.6 Å². The third kappa shape index (κ3) is 3.83.